The molecule has 0 bridgehead atoms. The summed E-state index contributed by atoms with van der Waals surface area (Å²) in [6.07, 6.45) is 1.43. The molecule has 1 heterocycles. The summed E-state index contributed by atoms with van der Waals surface area (Å²) in [4.78, 5) is 23.2. The molecule has 0 aliphatic carbocycles. The van der Waals surface area contributed by atoms with Crippen LogP contribution in [0.15, 0.2) is 33.5 Å². The lowest BCUT2D eigenvalue weighted by Gasteiger charge is -2.13. The maximum Gasteiger partial charge on any atom is 0.336 e. The Hall–Kier alpha value is -2.56. The van der Waals surface area contributed by atoms with E-state index in [0.29, 0.717) is 24.5 Å². The normalized spacial score (nSPS) is 11.6. The Morgan fingerprint density at radius 3 is 2.61 bits per heavy atom. The minimum atomic E-state index is -0.399. The van der Waals surface area contributed by atoms with Crippen molar-refractivity contribution in [3.05, 3.63) is 45.8 Å². The molecular formula is C18H20O5. The first-order chi connectivity index (χ1) is 11.0. The molecule has 0 amide bonds. The van der Waals surface area contributed by atoms with Gasteiger partial charge in [-0.3, -0.25) is 0 Å². The first-order valence-corrected chi connectivity index (χ1v) is 7.53. The summed E-state index contributed by atoms with van der Waals surface area (Å²) in [7, 11) is 0. The zero-order valence-corrected chi connectivity index (χ0v) is 13.8. The number of hydrogen-bond donors (Lipinski definition) is 0. The van der Waals surface area contributed by atoms with E-state index in [0.717, 1.165) is 22.1 Å². The van der Waals surface area contributed by atoms with Crippen LogP contribution < -0.4 is 10.4 Å². The number of carbonyl (C=O) groups excluding carboxylic acids is 1. The van der Waals surface area contributed by atoms with Crippen LogP contribution in [0.3, 0.4) is 0 Å². The van der Waals surface area contributed by atoms with Gasteiger partial charge in [0.1, 0.15) is 11.3 Å². The van der Waals surface area contributed by atoms with Crippen molar-refractivity contribution in [3.63, 3.8) is 0 Å². The van der Waals surface area contributed by atoms with Crippen LogP contribution in [-0.2, 0) is 9.53 Å². The van der Waals surface area contributed by atoms with Crippen LogP contribution in [0.1, 0.15) is 31.9 Å². The maximum absolute atomic E-state index is 11.7. The number of aryl methyl sites for hydroxylation is 1. The Morgan fingerprint density at radius 2 is 1.96 bits per heavy atom. The van der Waals surface area contributed by atoms with Crippen LogP contribution >= 0.6 is 0 Å². The predicted octanol–water partition coefficient (Wildman–Crippen LogP) is 3.47. The van der Waals surface area contributed by atoms with Crippen molar-refractivity contribution in [1.82, 2.24) is 0 Å². The molecular weight excluding hydrogens is 296 g/mol. The van der Waals surface area contributed by atoms with Crippen LogP contribution in [0.25, 0.3) is 16.5 Å². The van der Waals surface area contributed by atoms with Crippen LogP contribution in [0, 0.1) is 6.92 Å². The number of esters is 1. The molecule has 0 atom stereocenters. The third-order valence-corrected chi connectivity index (χ3v) is 3.40. The number of benzene rings is 1. The van der Waals surface area contributed by atoms with E-state index in [-0.39, 0.29) is 0 Å². The molecule has 0 aliphatic heterocycles. The van der Waals surface area contributed by atoms with Gasteiger partial charge in [0.15, 0.2) is 0 Å². The molecule has 2 rings (SSSR count). The van der Waals surface area contributed by atoms with E-state index in [9.17, 15) is 9.59 Å². The highest BCUT2D eigenvalue weighted by atomic mass is 16.5. The first-order valence-electron chi connectivity index (χ1n) is 7.53. The smallest absolute Gasteiger partial charge is 0.336 e. The van der Waals surface area contributed by atoms with E-state index in [1.54, 1.807) is 13.0 Å². The fourth-order valence-corrected chi connectivity index (χ4v) is 2.37. The Kier molecular flexibility index (Phi) is 5.21. The third kappa shape index (κ3) is 3.80. The van der Waals surface area contributed by atoms with Gasteiger partial charge in [0.25, 0.3) is 0 Å². The summed E-state index contributed by atoms with van der Waals surface area (Å²) in [5, 5.41) is 0.805. The van der Waals surface area contributed by atoms with Gasteiger partial charge in [0.05, 0.1) is 13.2 Å². The predicted molar refractivity (Wildman–Crippen MR) is 88.7 cm³/mol. The molecule has 122 valence electrons. The Bertz CT molecular complexity index is 814. The average Bonchev–Trinajstić information content (AvgIpc) is 2.46. The molecule has 1 aromatic heterocycles. The lowest BCUT2D eigenvalue weighted by atomic mass is 10.0. The highest BCUT2D eigenvalue weighted by molar-refractivity contribution is 5.94. The van der Waals surface area contributed by atoms with Crippen molar-refractivity contribution in [2.75, 3.05) is 13.2 Å². The van der Waals surface area contributed by atoms with Gasteiger partial charge in [0, 0.05) is 29.2 Å². The Labute approximate surface area is 134 Å². The Morgan fingerprint density at radius 1 is 1.22 bits per heavy atom. The molecule has 0 spiro atoms. The van der Waals surface area contributed by atoms with E-state index >= 15 is 0 Å². The van der Waals surface area contributed by atoms with Crippen molar-refractivity contribution in [3.8, 4) is 5.75 Å². The fraction of sp³-hybridized carbons (Fsp3) is 0.333. The van der Waals surface area contributed by atoms with Crippen LogP contribution in [0.4, 0.5) is 0 Å². The van der Waals surface area contributed by atoms with Gasteiger partial charge in [-0.2, -0.15) is 0 Å². The van der Waals surface area contributed by atoms with Crippen LogP contribution in [0.5, 0.6) is 5.75 Å². The van der Waals surface area contributed by atoms with Gasteiger partial charge in [-0.1, -0.05) is 0 Å². The van der Waals surface area contributed by atoms with Gasteiger partial charge in [-0.15, -0.1) is 0 Å². The van der Waals surface area contributed by atoms with Crippen LogP contribution in [0.2, 0.25) is 0 Å². The van der Waals surface area contributed by atoms with Gasteiger partial charge >= 0.3 is 11.6 Å². The second-order valence-electron chi connectivity index (χ2n) is 5.11. The zero-order valence-electron chi connectivity index (χ0n) is 13.8. The number of rotatable bonds is 5. The molecule has 5 nitrogen and oxygen atoms in total. The average molecular weight is 316 g/mol. The molecule has 0 aliphatic rings. The van der Waals surface area contributed by atoms with E-state index in [1.807, 2.05) is 26.8 Å². The van der Waals surface area contributed by atoms with Crippen molar-refractivity contribution in [2.45, 2.75) is 27.7 Å². The third-order valence-electron chi connectivity index (χ3n) is 3.40. The number of allylic oxidation sites excluding steroid dienone is 1. The SMILES string of the molecule is CCOC(=O)/C=C(\C)c1cc2c(C)cc(=O)oc2cc1OCC. The molecule has 23 heavy (non-hydrogen) atoms. The molecule has 0 N–H and O–H groups in total. The molecule has 0 saturated carbocycles. The number of carbonyl (C=O) groups is 1. The lowest BCUT2D eigenvalue weighted by molar-refractivity contribution is -0.137. The second-order valence-corrected chi connectivity index (χ2v) is 5.11. The standard InChI is InChI=1S/C18H20O5/c1-5-21-15-10-16-14(12(4)8-18(20)23-16)9-13(15)11(3)7-17(19)22-6-2/h7-10H,5-6H2,1-4H3/b11-7+. The minimum absolute atomic E-state index is 0.322. The summed E-state index contributed by atoms with van der Waals surface area (Å²) in [5.74, 6) is 0.163. The van der Waals surface area contributed by atoms with E-state index < -0.39 is 11.6 Å². The molecule has 5 heteroatoms. The van der Waals surface area contributed by atoms with Gasteiger partial charge in [-0.05, 0) is 44.9 Å². The maximum atomic E-state index is 11.7. The van der Waals surface area contributed by atoms with Gasteiger partial charge in [0.2, 0.25) is 0 Å². The molecule has 0 radical (unpaired) electrons. The monoisotopic (exact) mass is 316 g/mol. The largest absolute Gasteiger partial charge is 0.493 e. The summed E-state index contributed by atoms with van der Waals surface area (Å²) in [6, 6.07) is 4.99. The van der Waals surface area contributed by atoms with Crippen molar-refractivity contribution in [1.29, 1.82) is 0 Å². The zero-order chi connectivity index (χ0) is 17.0. The minimum Gasteiger partial charge on any atom is -0.493 e. The molecule has 0 unspecified atom stereocenters. The number of fused-ring (bicyclic) bond motifs is 1. The highest BCUT2D eigenvalue weighted by Crippen LogP contribution is 2.32. The van der Waals surface area contributed by atoms with E-state index in [2.05, 4.69) is 0 Å². The molecule has 0 fully saturated rings. The highest BCUT2D eigenvalue weighted by Gasteiger charge is 2.13. The first kappa shape index (κ1) is 16.8. The van der Waals surface area contributed by atoms with Gasteiger partial charge < -0.3 is 13.9 Å². The topological polar surface area (TPSA) is 65.7 Å². The number of hydrogen-bond acceptors (Lipinski definition) is 5. The number of ether oxygens (including phenoxy) is 2. The second kappa shape index (κ2) is 7.13. The molecule has 2 aromatic rings. The van der Waals surface area contributed by atoms with Crippen molar-refractivity contribution in [2.24, 2.45) is 0 Å². The van der Waals surface area contributed by atoms with E-state index in [4.69, 9.17) is 13.9 Å². The summed E-state index contributed by atoms with van der Waals surface area (Å²) >= 11 is 0. The summed E-state index contributed by atoms with van der Waals surface area (Å²) < 4.78 is 15.8. The molecule has 1 aromatic carbocycles. The quantitative estimate of drug-likeness (QED) is 0.480. The summed E-state index contributed by atoms with van der Waals surface area (Å²) in [5.41, 5.74) is 2.36. The van der Waals surface area contributed by atoms with E-state index in [1.165, 1.54) is 12.1 Å². The summed E-state index contributed by atoms with van der Waals surface area (Å²) in [6.45, 7) is 8.06. The van der Waals surface area contributed by atoms with Crippen molar-refractivity contribution < 1.29 is 18.7 Å². The van der Waals surface area contributed by atoms with Crippen molar-refractivity contribution >= 4 is 22.5 Å². The lowest BCUT2D eigenvalue weighted by Crippen LogP contribution is -2.03. The van der Waals surface area contributed by atoms with Crippen LogP contribution in [-0.4, -0.2) is 19.2 Å². The Balaban J connectivity index is 2.63. The van der Waals surface area contributed by atoms with Gasteiger partial charge in [-0.25, -0.2) is 9.59 Å². The molecule has 0 saturated heterocycles. The fourth-order valence-electron chi connectivity index (χ4n) is 2.37.